The third-order valence-corrected chi connectivity index (χ3v) is 6.00. The minimum Gasteiger partial charge on any atom is -0.351 e. The smallest absolute Gasteiger partial charge is 0.224 e. The van der Waals surface area contributed by atoms with Crippen LogP contribution in [0.15, 0.2) is 18.3 Å². The van der Waals surface area contributed by atoms with Crippen molar-refractivity contribution in [2.24, 2.45) is 5.41 Å². The van der Waals surface area contributed by atoms with Crippen molar-refractivity contribution in [3.63, 3.8) is 0 Å². The Morgan fingerprint density at radius 1 is 1.12 bits per heavy atom. The molecule has 0 radical (unpaired) electrons. The summed E-state index contributed by atoms with van der Waals surface area (Å²) < 4.78 is 0. The van der Waals surface area contributed by atoms with Crippen LogP contribution in [0, 0.1) is 5.41 Å². The molecule has 25 heavy (non-hydrogen) atoms. The first-order valence-electron chi connectivity index (χ1n) is 9.41. The predicted molar refractivity (Wildman–Crippen MR) is 97.1 cm³/mol. The summed E-state index contributed by atoms with van der Waals surface area (Å²) in [4.78, 5) is 8.94. The number of hydrogen-bond acceptors (Lipinski definition) is 6. The Morgan fingerprint density at radius 2 is 1.96 bits per heavy atom. The van der Waals surface area contributed by atoms with E-state index < -0.39 is 0 Å². The molecule has 3 heterocycles. The molecule has 7 nitrogen and oxygen atoms in total. The molecule has 2 saturated carbocycles. The molecular formula is C18H25N7. The summed E-state index contributed by atoms with van der Waals surface area (Å²) in [5, 5.41) is 17.7. The van der Waals surface area contributed by atoms with Crippen LogP contribution >= 0.6 is 0 Å². The van der Waals surface area contributed by atoms with Gasteiger partial charge in [0, 0.05) is 43.0 Å². The zero-order valence-corrected chi connectivity index (χ0v) is 14.4. The number of nitrogens with zero attached hydrogens (tertiary/aromatic N) is 3. The van der Waals surface area contributed by atoms with Gasteiger partial charge in [-0.25, -0.2) is 4.98 Å². The number of anilines is 3. The summed E-state index contributed by atoms with van der Waals surface area (Å²) in [6.45, 7) is 2.33. The van der Waals surface area contributed by atoms with Crippen LogP contribution in [0.5, 0.6) is 0 Å². The summed E-state index contributed by atoms with van der Waals surface area (Å²) in [7, 11) is 0. The highest BCUT2D eigenvalue weighted by atomic mass is 15.2. The van der Waals surface area contributed by atoms with Crippen molar-refractivity contribution in [1.82, 2.24) is 25.5 Å². The van der Waals surface area contributed by atoms with Gasteiger partial charge in [0.25, 0.3) is 0 Å². The molecule has 2 aliphatic carbocycles. The molecule has 5 rings (SSSR count). The normalized spacial score (nSPS) is 22.6. The molecule has 132 valence electrons. The van der Waals surface area contributed by atoms with Crippen LogP contribution in [0.2, 0.25) is 0 Å². The van der Waals surface area contributed by atoms with Gasteiger partial charge in [0.15, 0.2) is 5.82 Å². The second-order valence-electron chi connectivity index (χ2n) is 7.93. The SMILES string of the molecule is c1cc(Nc2cc(C3CCCC3)[nH]n2)nc(NC2CC3(CNC3)C2)n1. The number of nitrogens with one attached hydrogen (secondary N) is 4. The third-order valence-electron chi connectivity index (χ3n) is 6.00. The lowest BCUT2D eigenvalue weighted by molar-refractivity contribution is 0.0468. The molecular weight excluding hydrogens is 314 g/mol. The van der Waals surface area contributed by atoms with E-state index in [1.807, 2.05) is 6.07 Å². The Hall–Kier alpha value is -2.15. The lowest BCUT2D eigenvalue weighted by Gasteiger charge is -2.54. The Bertz CT molecular complexity index is 737. The maximum Gasteiger partial charge on any atom is 0.224 e. The van der Waals surface area contributed by atoms with E-state index in [4.69, 9.17) is 0 Å². The number of H-pyrrole nitrogens is 1. The third kappa shape index (κ3) is 2.97. The molecule has 2 aromatic rings. The van der Waals surface area contributed by atoms with E-state index in [-0.39, 0.29) is 0 Å². The van der Waals surface area contributed by atoms with Crippen molar-refractivity contribution in [1.29, 1.82) is 0 Å². The molecule has 3 fully saturated rings. The fourth-order valence-electron chi connectivity index (χ4n) is 4.51. The van der Waals surface area contributed by atoms with Gasteiger partial charge < -0.3 is 16.0 Å². The quantitative estimate of drug-likeness (QED) is 0.670. The molecule has 1 aliphatic heterocycles. The van der Waals surface area contributed by atoms with Crippen LogP contribution in [0.4, 0.5) is 17.6 Å². The fourth-order valence-corrected chi connectivity index (χ4v) is 4.51. The zero-order chi connectivity index (χ0) is 16.7. The minimum atomic E-state index is 0.497. The molecule has 2 aromatic heterocycles. The molecule has 1 saturated heterocycles. The van der Waals surface area contributed by atoms with Crippen molar-refractivity contribution in [2.75, 3.05) is 23.7 Å². The number of aromatic amines is 1. The van der Waals surface area contributed by atoms with E-state index in [1.165, 1.54) is 44.2 Å². The standard InChI is InChI=1S/C18H25N7/c1-2-4-12(3-1)14-7-16(25-24-14)22-15-5-6-20-17(23-15)21-13-8-18(9-13)10-19-11-18/h5-7,12-13,19H,1-4,8-11H2,(H3,20,21,22,23,24,25). The van der Waals surface area contributed by atoms with Gasteiger partial charge in [-0.1, -0.05) is 12.8 Å². The van der Waals surface area contributed by atoms with Gasteiger partial charge in [0.1, 0.15) is 5.82 Å². The summed E-state index contributed by atoms with van der Waals surface area (Å²) >= 11 is 0. The summed E-state index contributed by atoms with van der Waals surface area (Å²) in [6.07, 6.45) is 9.40. The molecule has 3 aliphatic rings. The van der Waals surface area contributed by atoms with Crippen molar-refractivity contribution in [2.45, 2.75) is 50.5 Å². The number of aromatic nitrogens is 4. The second-order valence-corrected chi connectivity index (χ2v) is 7.93. The highest BCUT2D eigenvalue weighted by Crippen LogP contribution is 2.45. The van der Waals surface area contributed by atoms with Crippen LogP contribution in [0.1, 0.15) is 50.1 Å². The highest BCUT2D eigenvalue weighted by molar-refractivity contribution is 5.53. The largest absolute Gasteiger partial charge is 0.351 e. The highest BCUT2D eigenvalue weighted by Gasteiger charge is 2.48. The van der Waals surface area contributed by atoms with Crippen LogP contribution in [0.3, 0.4) is 0 Å². The van der Waals surface area contributed by atoms with E-state index in [9.17, 15) is 0 Å². The van der Waals surface area contributed by atoms with E-state index in [0.717, 1.165) is 24.7 Å². The Labute approximate surface area is 147 Å². The maximum atomic E-state index is 4.59. The van der Waals surface area contributed by atoms with Crippen LogP contribution in [0.25, 0.3) is 0 Å². The van der Waals surface area contributed by atoms with Crippen LogP contribution < -0.4 is 16.0 Å². The average molecular weight is 339 g/mol. The van der Waals surface area contributed by atoms with Crippen molar-refractivity contribution >= 4 is 17.6 Å². The molecule has 0 bridgehead atoms. The molecule has 1 spiro atoms. The zero-order valence-electron chi connectivity index (χ0n) is 14.4. The first-order valence-corrected chi connectivity index (χ1v) is 9.41. The van der Waals surface area contributed by atoms with Gasteiger partial charge in [-0.05, 0) is 37.2 Å². The summed E-state index contributed by atoms with van der Waals surface area (Å²) in [6, 6.07) is 4.49. The summed E-state index contributed by atoms with van der Waals surface area (Å²) in [5.41, 5.74) is 1.79. The minimum absolute atomic E-state index is 0.497. The van der Waals surface area contributed by atoms with Crippen LogP contribution in [-0.4, -0.2) is 39.3 Å². The first kappa shape index (κ1) is 15.1. The number of rotatable bonds is 5. The van der Waals surface area contributed by atoms with Crippen molar-refractivity contribution < 1.29 is 0 Å². The topological polar surface area (TPSA) is 90.5 Å². The Morgan fingerprint density at radius 3 is 2.72 bits per heavy atom. The predicted octanol–water partition coefficient (Wildman–Crippen LogP) is 2.76. The Kier molecular flexibility index (Phi) is 3.62. The van der Waals surface area contributed by atoms with Gasteiger partial charge in [-0.3, -0.25) is 5.10 Å². The van der Waals surface area contributed by atoms with Gasteiger partial charge in [-0.2, -0.15) is 10.1 Å². The number of hydrogen-bond donors (Lipinski definition) is 4. The van der Waals surface area contributed by atoms with Crippen molar-refractivity contribution in [3.05, 3.63) is 24.0 Å². The Balaban J connectivity index is 1.21. The first-order chi connectivity index (χ1) is 12.3. The van der Waals surface area contributed by atoms with E-state index >= 15 is 0 Å². The molecule has 0 atom stereocenters. The van der Waals surface area contributed by atoms with Gasteiger partial charge in [-0.15, -0.1) is 0 Å². The van der Waals surface area contributed by atoms with E-state index in [2.05, 4.69) is 42.2 Å². The fraction of sp³-hybridized carbons (Fsp3) is 0.611. The van der Waals surface area contributed by atoms with Gasteiger partial charge >= 0.3 is 0 Å². The van der Waals surface area contributed by atoms with Crippen LogP contribution in [-0.2, 0) is 0 Å². The molecule has 7 heteroatoms. The van der Waals surface area contributed by atoms with E-state index in [1.54, 1.807) is 6.20 Å². The second kappa shape index (κ2) is 5.98. The van der Waals surface area contributed by atoms with Gasteiger partial charge in [0.2, 0.25) is 5.95 Å². The van der Waals surface area contributed by atoms with Gasteiger partial charge in [0.05, 0.1) is 0 Å². The average Bonchev–Trinajstić information content (AvgIpc) is 3.20. The lowest BCUT2D eigenvalue weighted by Crippen LogP contribution is -2.63. The molecule has 0 unspecified atom stereocenters. The molecule has 0 amide bonds. The maximum absolute atomic E-state index is 4.59. The molecule has 0 aromatic carbocycles. The van der Waals surface area contributed by atoms with E-state index in [0.29, 0.717) is 23.3 Å². The van der Waals surface area contributed by atoms with Crippen molar-refractivity contribution in [3.8, 4) is 0 Å². The summed E-state index contributed by atoms with van der Waals surface area (Å²) in [5.74, 6) is 2.94. The monoisotopic (exact) mass is 339 g/mol. The molecule has 4 N–H and O–H groups in total. The lowest BCUT2D eigenvalue weighted by atomic mass is 9.62.